The second kappa shape index (κ2) is 5.94. The largest absolute Gasteiger partial charge is 0.443 e. The number of rotatable bonds is 1. The van der Waals surface area contributed by atoms with Crippen molar-refractivity contribution in [3.63, 3.8) is 0 Å². The number of carbonyl (C=O) groups excluding carboxylic acids is 2. The average molecular weight is 349 g/mol. The number of hydrogen-bond acceptors (Lipinski definition) is 6. The summed E-state index contributed by atoms with van der Waals surface area (Å²) in [6.07, 6.45) is 1.18. The van der Waals surface area contributed by atoms with Crippen LogP contribution in [0.1, 0.15) is 36.1 Å². The molecule has 3 rings (SSSR count). The van der Waals surface area contributed by atoms with Gasteiger partial charge in [-0.05, 0) is 32.9 Å². The molecule has 24 heavy (non-hydrogen) atoms. The molecule has 0 radical (unpaired) electrons. The Bertz CT molecular complexity index is 796. The van der Waals surface area contributed by atoms with Gasteiger partial charge in [0.15, 0.2) is 0 Å². The maximum absolute atomic E-state index is 12.9. The summed E-state index contributed by atoms with van der Waals surface area (Å²) in [7, 11) is 0. The molecule has 0 saturated carbocycles. The van der Waals surface area contributed by atoms with Gasteiger partial charge in [-0.1, -0.05) is 0 Å². The second-order valence-corrected chi connectivity index (χ2v) is 7.35. The Balaban J connectivity index is 1.86. The van der Waals surface area contributed by atoms with E-state index in [2.05, 4.69) is 9.97 Å². The molecule has 0 aliphatic carbocycles. The molecule has 8 heteroatoms. The number of aromatic nitrogens is 2. The molecule has 0 N–H and O–H groups in total. The number of pyridine rings is 1. The molecular formula is C16H16FN3O3S. The first-order valence-corrected chi connectivity index (χ1v) is 8.23. The Kier molecular flexibility index (Phi) is 4.08. The van der Waals surface area contributed by atoms with Gasteiger partial charge in [-0.3, -0.25) is 4.79 Å². The van der Waals surface area contributed by atoms with Crippen LogP contribution in [0, 0.1) is 5.95 Å². The Hall–Kier alpha value is -2.35. The number of carbonyl (C=O) groups is 2. The minimum absolute atomic E-state index is 0.228. The Labute approximate surface area is 142 Å². The predicted molar refractivity (Wildman–Crippen MR) is 86.3 cm³/mol. The van der Waals surface area contributed by atoms with E-state index >= 15 is 0 Å². The molecule has 2 amide bonds. The molecule has 0 bridgehead atoms. The zero-order valence-electron chi connectivity index (χ0n) is 13.5. The molecule has 0 aromatic carbocycles. The van der Waals surface area contributed by atoms with Crippen molar-refractivity contribution in [2.45, 2.75) is 32.8 Å². The molecule has 0 unspecified atom stereocenters. The molecule has 6 nitrogen and oxygen atoms in total. The van der Waals surface area contributed by atoms with Crippen LogP contribution in [0.4, 0.5) is 9.18 Å². The number of ether oxygens (including phenoxy) is 1. The lowest BCUT2D eigenvalue weighted by Crippen LogP contribution is -2.44. The van der Waals surface area contributed by atoms with Crippen molar-refractivity contribution in [1.82, 2.24) is 14.9 Å². The van der Waals surface area contributed by atoms with Crippen molar-refractivity contribution < 1.29 is 18.7 Å². The maximum Gasteiger partial charge on any atom is 0.417 e. The molecule has 2 aromatic heterocycles. The summed E-state index contributed by atoms with van der Waals surface area (Å²) in [5.74, 6) is -0.989. The lowest BCUT2D eigenvalue weighted by atomic mass is 10.1. The van der Waals surface area contributed by atoms with E-state index < -0.39 is 23.5 Å². The van der Waals surface area contributed by atoms with Gasteiger partial charge in [-0.15, -0.1) is 11.3 Å². The number of thiazole rings is 1. The monoisotopic (exact) mass is 349 g/mol. The zero-order chi connectivity index (χ0) is 17.5. The fraction of sp³-hybridized carbons (Fsp3) is 0.375. The number of amides is 2. The highest BCUT2D eigenvalue weighted by molar-refractivity contribution is 7.17. The molecule has 0 spiro atoms. The van der Waals surface area contributed by atoms with Crippen LogP contribution in [-0.2, 0) is 11.2 Å². The standard InChI is InChI=1S/C16H16FN3O3S/c1-16(2,3)23-15(22)20-7-6-10-12(14(20)21)24-13(19-10)9-4-5-11(17)18-8-9/h4-5,8H,6-7H2,1-3H3. The minimum atomic E-state index is -0.670. The van der Waals surface area contributed by atoms with Crippen molar-refractivity contribution >= 4 is 23.3 Å². The Morgan fingerprint density at radius 1 is 1.38 bits per heavy atom. The van der Waals surface area contributed by atoms with Gasteiger partial charge in [0, 0.05) is 24.7 Å². The summed E-state index contributed by atoms with van der Waals surface area (Å²) in [5.41, 5.74) is 0.604. The van der Waals surface area contributed by atoms with Gasteiger partial charge < -0.3 is 4.74 Å². The quantitative estimate of drug-likeness (QED) is 0.739. The maximum atomic E-state index is 12.9. The van der Waals surface area contributed by atoms with Crippen LogP contribution < -0.4 is 0 Å². The highest BCUT2D eigenvalue weighted by atomic mass is 32.1. The van der Waals surface area contributed by atoms with E-state index in [1.807, 2.05) is 0 Å². The van der Waals surface area contributed by atoms with Gasteiger partial charge in [0.05, 0.1) is 5.69 Å². The molecule has 1 aliphatic rings. The molecule has 1 aliphatic heterocycles. The summed E-state index contributed by atoms with van der Waals surface area (Å²) in [4.78, 5) is 34.3. The van der Waals surface area contributed by atoms with Crippen LogP contribution >= 0.6 is 11.3 Å². The van der Waals surface area contributed by atoms with E-state index in [9.17, 15) is 14.0 Å². The molecule has 2 aromatic rings. The Morgan fingerprint density at radius 2 is 2.12 bits per heavy atom. The van der Waals surface area contributed by atoms with Gasteiger partial charge in [0.2, 0.25) is 5.95 Å². The summed E-state index contributed by atoms with van der Waals surface area (Å²) in [6, 6.07) is 2.80. The first-order valence-electron chi connectivity index (χ1n) is 7.41. The number of fused-ring (bicyclic) bond motifs is 1. The van der Waals surface area contributed by atoms with Gasteiger partial charge in [-0.2, -0.15) is 4.39 Å². The van der Waals surface area contributed by atoms with Crippen LogP contribution in [0.2, 0.25) is 0 Å². The highest BCUT2D eigenvalue weighted by Gasteiger charge is 2.35. The van der Waals surface area contributed by atoms with Crippen molar-refractivity contribution in [3.05, 3.63) is 34.8 Å². The van der Waals surface area contributed by atoms with Gasteiger partial charge in [-0.25, -0.2) is 19.7 Å². The van der Waals surface area contributed by atoms with E-state index in [-0.39, 0.29) is 6.54 Å². The molecule has 0 fully saturated rings. The first kappa shape index (κ1) is 16.5. The fourth-order valence-corrected chi connectivity index (χ4v) is 3.30. The number of nitrogens with zero attached hydrogens (tertiary/aromatic N) is 3. The number of hydrogen-bond donors (Lipinski definition) is 0. The predicted octanol–water partition coefficient (Wildman–Crippen LogP) is 3.28. The van der Waals surface area contributed by atoms with E-state index in [1.165, 1.54) is 23.6 Å². The number of imide groups is 1. The molecule has 0 saturated heterocycles. The van der Waals surface area contributed by atoms with Crippen molar-refractivity contribution in [3.8, 4) is 10.6 Å². The molecule has 126 valence electrons. The van der Waals surface area contributed by atoms with E-state index in [4.69, 9.17) is 4.74 Å². The Morgan fingerprint density at radius 3 is 2.75 bits per heavy atom. The summed E-state index contributed by atoms with van der Waals surface area (Å²) in [6.45, 7) is 5.47. The van der Waals surface area contributed by atoms with Crippen molar-refractivity contribution in [1.29, 1.82) is 0 Å². The third kappa shape index (κ3) is 3.28. The third-order valence-corrected chi connectivity index (χ3v) is 4.43. The van der Waals surface area contributed by atoms with Crippen LogP contribution in [0.15, 0.2) is 18.3 Å². The summed E-state index contributed by atoms with van der Waals surface area (Å²) < 4.78 is 18.2. The minimum Gasteiger partial charge on any atom is -0.443 e. The van der Waals surface area contributed by atoms with E-state index in [1.54, 1.807) is 26.8 Å². The fourth-order valence-electron chi connectivity index (χ4n) is 2.25. The molecular weight excluding hydrogens is 333 g/mol. The molecule has 0 atom stereocenters. The van der Waals surface area contributed by atoms with Crippen molar-refractivity contribution in [2.75, 3.05) is 6.54 Å². The lowest BCUT2D eigenvalue weighted by Gasteiger charge is -2.27. The number of halogens is 1. The second-order valence-electron chi connectivity index (χ2n) is 6.35. The van der Waals surface area contributed by atoms with Gasteiger partial charge in [0.25, 0.3) is 5.91 Å². The van der Waals surface area contributed by atoms with Crippen molar-refractivity contribution in [2.24, 2.45) is 0 Å². The van der Waals surface area contributed by atoms with E-state index in [0.717, 1.165) is 4.90 Å². The topological polar surface area (TPSA) is 72.4 Å². The van der Waals surface area contributed by atoms with Crippen LogP contribution in [-0.4, -0.2) is 39.0 Å². The first-order chi connectivity index (χ1) is 11.2. The normalized spacial score (nSPS) is 14.5. The molecule has 3 heterocycles. The van der Waals surface area contributed by atoms with Gasteiger partial charge >= 0.3 is 6.09 Å². The summed E-state index contributed by atoms with van der Waals surface area (Å²) in [5, 5.41) is 0.576. The SMILES string of the molecule is CC(C)(C)OC(=O)N1CCc2nc(-c3ccc(F)nc3)sc2C1=O. The van der Waals surface area contributed by atoms with Crippen LogP contribution in [0.5, 0.6) is 0 Å². The van der Waals surface area contributed by atoms with Crippen LogP contribution in [0.25, 0.3) is 10.6 Å². The summed E-state index contributed by atoms with van der Waals surface area (Å²) >= 11 is 1.17. The average Bonchev–Trinajstić information content (AvgIpc) is 2.91. The highest BCUT2D eigenvalue weighted by Crippen LogP contribution is 2.31. The smallest absolute Gasteiger partial charge is 0.417 e. The van der Waals surface area contributed by atoms with E-state index in [0.29, 0.717) is 27.6 Å². The zero-order valence-corrected chi connectivity index (χ0v) is 14.3. The lowest BCUT2D eigenvalue weighted by molar-refractivity contribution is 0.0235. The van der Waals surface area contributed by atoms with Crippen LogP contribution in [0.3, 0.4) is 0 Å². The third-order valence-electron chi connectivity index (χ3n) is 3.30. The van der Waals surface area contributed by atoms with Gasteiger partial charge in [0.1, 0.15) is 15.5 Å².